The summed E-state index contributed by atoms with van der Waals surface area (Å²) in [5, 5.41) is 3.38. The molecule has 0 aliphatic carbocycles. The Morgan fingerprint density at radius 1 is 1.14 bits per heavy atom. The van der Waals surface area contributed by atoms with Gasteiger partial charge in [0, 0.05) is 11.1 Å². The summed E-state index contributed by atoms with van der Waals surface area (Å²) in [6.07, 6.45) is 3.80. The molecular weight excluding hydrogens is 263 g/mol. The SMILES string of the molecule is CNC(c1c(C)cc(C)cc1F)C(C)(C)N1CCCCC1. The Labute approximate surface area is 128 Å². The fourth-order valence-electron chi connectivity index (χ4n) is 3.80. The van der Waals surface area contributed by atoms with Crippen molar-refractivity contribution in [2.24, 2.45) is 0 Å². The molecule has 1 aliphatic heterocycles. The summed E-state index contributed by atoms with van der Waals surface area (Å²) in [6, 6.07) is 3.73. The number of nitrogens with zero attached hydrogens (tertiary/aromatic N) is 1. The molecule has 1 aromatic rings. The fraction of sp³-hybridized carbons (Fsp3) is 0.667. The second kappa shape index (κ2) is 6.45. The standard InChI is InChI=1S/C18H29FN2/c1-13-11-14(2)16(15(19)12-13)17(20-5)18(3,4)21-9-7-6-8-10-21/h11-12,17,20H,6-10H2,1-5H3. The van der Waals surface area contributed by atoms with Gasteiger partial charge in [-0.15, -0.1) is 0 Å². The molecule has 2 rings (SSSR count). The van der Waals surface area contributed by atoms with Crippen LogP contribution in [-0.4, -0.2) is 30.6 Å². The lowest BCUT2D eigenvalue weighted by Crippen LogP contribution is -2.54. The predicted octanol–water partition coefficient (Wildman–Crippen LogP) is 3.97. The highest BCUT2D eigenvalue weighted by Gasteiger charge is 2.38. The third kappa shape index (κ3) is 3.29. The van der Waals surface area contributed by atoms with Crippen molar-refractivity contribution in [3.05, 3.63) is 34.6 Å². The van der Waals surface area contributed by atoms with Gasteiger partial charge in [-0.1, -0.05) is 12.5 Å². The Kier molecular flexibility index (Phi) is 5.05. The van der Waals surface area contributed by atoms with E-state index >= 15 is 0 Å². The number of nitrogens with one attached hydrogen (secondary N) is 1. The lowest BCUT2D eigenvalue weighted by Gasteiger charge is -2.46. The number of likely N-dealkylation sites (N-methyl/N-ethyl adjacent to an activating group) is 1. The smallest absolute Gasteiger partial charge is 0.128 e. The molecular formula is C18H29FN2. The van der Waals surface area contributed by atoms with Crippen molar-refractivity contribution in [2.45, 2.75) is 58.5 Å². The van der Waals surface area contributed by atoms with Gasteiger partial charge in [0.05, 0.1) is 6.04 Å². The monoisotopic (exact) mass is 292 g/mol. The van der Waals surface area contributed by atoms with E-state index in [4.69, 9.17) is 0 Å². The molecule has 0 radical (unpaired) electrons. The first kappa shape index (κ1) is 16.4. The number of benzene rings is 1. The van der Waals surface area contributed by atoms with Gasteiger partial charge in [-0.25, -0.2) is 4.39 Å². The number of rotatable bonds is 4. The van der Waals surface area contributed by atoms with E-state index in [2.05, 4.69) is 30.1 Å². The summed E-state index contributed by atoms with van der Waals surface area (Å²) in [5.74, 6) is -0.0862. The number of likely N-dealkylation sites (tertiary alicyclic amines) is 1. The highest BCUT2D eigenvalue weighted by Crippen LogP contribution is 2.36. The average molecular weight is 292 g/mol. The predicted molar refractivity (Wildman–Crippen MR) is 87.2 cm³/mol. The van der Waals surface area contributed by atoms with E-state index < -0.39 is 0 Å². The van der Waals surface area contributed by atoms with Crippen LogP contribution in [0.2, 0.25) is 0 Å². The average Bonchev–Trinajstić information content (AvgIpc) is 2.43. The molecule has 1 atom stereocenters. The molecule has 0 amide bonds. The Morgan fingerprint density at radius 2 is 1.76 bits per heavy atom. The second-order valence-corrected chi connectivity index (χ2v) is 6.90. The molecule has 3 heteroatoms. The molecule has 21 heavy (non-hydrogen) atoms. The van der Waals surface area contributed by atoms with E-state index in [1.165, 1.54) is 19.3 Å². The van der Waals surface area contributed by atoms with E-state index in [-0.39, 0.29) is 17.4 Å². The topological polar surface area (TPSA) is 15.3 Å². The third-order valence-electron chi connectivity index (χ3n) is 4.94. The lowest BCUT2D eigenvalue weighted by molar-refractivity contribution is 0.0619. The molecule has 0 bridgehead atoms. The van der Waals surface area contributed by atoms with Gasteiger partial charge >= 0.3 is 0 Å². The number of aryl methyl sites for hydroxylation is 2. The maximum Gasteiger partial charge on any atom is 0.128 e. The highest BCUT2D eigenvalue weighted by molar-refractivity contribution is 5.36. The molecule has 0 saturated carbocycles. The van der Waals surface area contributed by atoms with Crippen LogP contribution in [0.1, 0.15) is 55.8 Å². The molecule has 0 spiro atoms. The normalized spacial score (nSPS) is 18.8. The summed E-state index contributed by atoms with van der Waals surface area (Å²) in [6.45, 7) is 10.7. The molecule has 1 unspecified atom stereocenters. The summed E-state index contributed by atoms with van der Waals surface area (Å²) >= 11 is 0. The molecule has 118 valence electrons. The first-order valence-corrected chi connectivity index (χ1v) is 8.07. The van der Waals surface area contributed by atoms with E-state index in [1.807, 2.05) is 20.9 Å². The van der Waals surface area contributed by atoms with Gasteiger partial charge in [0.25, 0.3) is 0 Å². The molecule has 1 heterocycles. The van der Waals surface area contributed by atoms with Gasteiger partial charge in [-0.05, 0) is 77.9 Å². The first-order chi connectivity index (χ1) is 9.87. The van der Waals surface area contributed by atoms with E-state index in [1.54, 1.807) is 6.07 Å². The number of hydrogen-bond acceptors (Lipinski definition) is 2. The fourth-order valence-corrected chi connectivity index (χ4v) is 3.80. The van der Waals surface area contributed by atoms with E-state index in [9.17, 15) is 4.39 Å². The Morgan fingerprint density at radius 3 is 2.29 bits per heavy atom. The Hall–Kier alpha value is -0.930. The summed E-state index contributed by atoms with van der Waals surface area (Å²) < 4.78 is 14.6. The van der Waals surface area contributed by atoms with Crippen molar-refractivity contribution in [1.29, 1.82) is 0 Å². The second-order valence-electron chi connectivity index (χ2n) is 6.90. The van der Waals surface area contributed by atoms with Crippen molar-refractivity contribution in [3.8, 4) is 0 Å². The zero-order valence-corrected chi connectivity index (χ0v) is 14.1. The van der Waals surface area contributed by atoms with Gasteiger partial charge in [0.1, 0.15) is 5.82 Å². The van der Waals surface area contributed by atoms with Crippen molar-refractivity contribution >= 4 is 0 Å². The molecule has 1 aliphatic rings. The van der Waals surface area contributed by atoms with Crippen LogP contribution in [0.4, 0.5) is 4.39 Å². The van der Waals surface area contributed by atoms with Crippen LogP contribution in [0.5, 0.6) is 0 Å². The zero-order valence-electron chi connectivity index (χ0n) is 14.1. The van der Waals surface area contributed by atoms with Crippen molar-refractivity contribution in [1.82, 2.24) is 10.2 Å². The van der Waals surface area contributed by atoms with Crippen LogP contribution in [-0.2, 0) is 0 Å². The zero-order chi connectivity index (χ0) is 15.6. The Balaban J connectivity index is 2.38. The quantitative estimate of drug-likeness (QED) is 0.903. The van der Waals surface area contributed by atoms with Gasteiger partial charge in [-0.3, -0.25) is 4.90 Å². The van der Waals surface area contributed by atoms with Crippen LogP contribution in [0.25, 0.3) is 0 Å². The van der Waals surface area contributed by atoms with E-state index in [0.29, 0.717) is 0 Å². The summed E-state index contributed by atoms with van der Waals surface area (Å²) in [7, 11) is 1.94. The molecule has 1 N–H and O–H groups in total. The van der Waals surface area contributed by atoms with Crippen LogP contribution >= 0.6 is 0 Å². The van der Waals surface area contributed by atoms with Gasteiger partial charge in [-0.2, -0.15) is 0 Å². The minimum absolute atomic E-state index is 0.00352. The van der Waals surface area contributed by atoms with Crippen molar-refractivity contribution < 1.29 is 4.39 Å². The van der Waals surface area contributed by atoms with Crippen LogP contribution in [0, 0.1) is 19.7 Å². The van der Waals surface area contributed by atoms with Gasteiger partial charge in [0.2, 0.25) is 0 Å². The van der Waals surface area contributed by atoms with Crippen LogP contribution in [0.15, 0.2) is 12.1 Å². The molecule has 1 fully saturated rings. The first-order valence-electron chi connectivity index (χ1n) is 8.07. The summed E-state index contributed by atoms with van der Waals surface area (Å²) in [4.78, 5) is 2.51. The highest BCUT2D eigenvalue weighted by atomic mass is 19.1. The van der Waals surface area contributed by atoms with Crippen LogP contribution < -0.4 is 5.32 Å². The third-order valence-corrected chi connectivity index (χ3v) is 4.94. The summed E-state index contributed by atoms with van der Waals surface area (Å²) in [5.41, 5.74) is 2.74. The molecule has 1 aromatic carbocycles. The minimum atomic E-state index is -0.101. The maximum atomic E-state index is 14.6. The minimum Gasteiger partial charge on any atom is -0.311 e. The van der Waals surface area contributed by atoms with Crippen LogP contribution in [0.3, 0.4) is 0 Å². The van der Waals surface area contributed by atoms with E-state index in [0.717, 1.165) is 29.8 Å². The largest absolute Gasteiger partial charge is 0.311 e. The van der Waals surface area contributed by atoms with Crippen molar-refractivity contribution in [2.75, 3.05) is 20.1 Å². The van der Waals surface area contributed by atoms with Crippen molar-refractivity contribution in [3.63, 3.8) is 0 Å². The van der Waals surface area contributed by atoms with Gasteiger partial charge in [0.15, 0.2) is 0 Å². The number of hydrogen-bond donors (Lipinski definition) is 1. The number of piperidine rings is 1. The number of halogens is 1. The van der Waals surface area contributed by atoms with Gasteiger partial charge < -0.3 is 5.32 Å². The molecule has 0 aromatic heterocycles. The molecule has 2 nitrogen and oxygen atoms in total. The maximum absolute atomic E-state index is 14.6. The molecule has 1 saturated heterocycles. The Bertz CT molecular complexity index is 467. The lowest BCUT2D eigenvalue weighted by atomic mass is 9.83.